The Morgan fingerprint density at radius 2 is 1.78 bits per heavy atom. The Hall–Kier alpha value is -2.14. The molecule has 0 bridgehead atoms. The first-order valence-corrected chi connectivity index (χ1v) is 10.2. The lowest BCUT2D eigenvalue weighted by Gasteiger charge is -2.11. The number of aromatic nitrogens is 2. The number of anilines is 2. The average molecular weight is 414 g/mol. The Morgan fingerprint density at radius 3 is 2.52 bits per heavy atom. The van der Waals surface area contributed by atoms with Crippen LogP contribution in [-0.2, 0) is 0 Å². The molecule has 0 saturated heterocycles. The van der Waals surface area contributed by atoms with Crippen molar-refractivity contribution >= 4 is 56.3 Å². The Labute approximate surface area is 172 Å². The molecule has 0 spiro atoms. The van der Waals surface area contributed by atoms with Gasteiger partial charge in [0.1, 0.15) is 17.0 Å². The third-order valence-electron chi connectivity index (χ3n) is 4.46. The van der Waals surface area contributed by atoms with Gasteiger partial charge in [-0.2, -0.15) is 0 Å². The highest BCUT2D eigenvalue weighted by Crippen LogP contribution is 2.39. The average Bonchev–Trinajstić information content (AvgIpc) is 3.11. The molecule has 3 nitrogen and oxygen atoms in total. The minimum Gasteiger partial charge on any atom is -0.338 e. The molecule has 4 aromatic rings. The minimum atomic E-state index is 0.476. The third-order valence-corrected chi connectivity index (χ3v) is 6.17. The summed E-state index contributed by atoms with van der Waals surface area (Å²) < 4.78 is 0. The van der Waals surface area contributed by atoms with Crippen molar-refractivity contribution in [2.75, 3.05) is 5.32 Å². The monoisotopic (exact) mass is 413 g/mol. The van der Waals surface area contributed by atoms with Gasteiger partial charge >= 0.3 is 0 Å². The first-order chi connectivity index (χ1) is 13.0. The molecule has 136 valence electrons. The van der Waals surface area contributed by atoms with E-state index in [1.165, 1.54) is 5.56 Å². The zero-order valence-electron chi connectivity index (χ0n) is 14.8. The van der Waals surface area contributed by atoms with Crippen LogP contribution in [0, 0.1) is 0 Å². The highest BCUT2D eigenvalue weighted by atomic mass is 35.5. The SMILES string of the molecule is CC(C)c1ccc(-c2csc3ncnc(Nc4cccc(Cl)c4Cl)c23)cc1. The lowest BCUT2D eigenvalue weighted by molar-refractivity contribution is 0.867. The van der Waals surface area contributed by atoms with Gasteiger partial charge < -0.3 is 5.32 Å². The van der Waals surface area contributed by atoms with E-state index in [0.29, 0.717) is 21.8 Å². The first kappa shape index (κ1) is 18.2. The Bertz CT molecular complexity index is 1100. The molecular weight excluding hydrogens is 397 g/mol. The molecule has 0 aliphatic rings. The Kier molecular flexibility index (Phi) is 5.04. The quantitative estimate of drug-likeness (QED) is 0.375. The fraction of sp³-hybridized carbons (Fsp3) is 0.143. The van der Waals surface area contributed by atoms with Crippen LogP contribution in [-0.4, -0.2) is 9.97 Å². The maximum Gasteiger partial charge on any atom is 0.143 e. The second-order valence-electron chi connectivity index (χ2n) is 6.55. The summed E-state index contributed by atoms with van der Waals surface area (Å²) in [7, 11) is 0. The van der Waals surface area contributed by atoms with Gasteiger partial charge in [0.2, 0.25) is 0 Å². The molecule has 0 aliphatic heterocycles. The summed E-state index contributed by atoms with van der Waals surface area (Å²) in [4.78, 5) is 9.81. The van der Waals surface area contributed by atoms with Gasteiger partial charge in [-0.25, -0.2) is 9.97 Å². The van der Waals surface area contributed by atoms with Crippen LogP contribution in [0.25, 0.3) is 21.3 Å². The van der Waals surface area contributed by atoms with Crippen molar-refractivity contribution in [1.29, 1.82) is 0 Å². The maximum atomic E-state index is 6.34. The highest BCUT2D eigenvalue weighted by molar-refractivity contribution is 7.17. The molecule has 0 radical (unpaired) electrons. The molecule has 0 aliphatic carbocycles. The summed E-state index contributed by atoms with van der Waals surface area (Å²) in [6.07, 6.45) is 1.56. The largest absolute Gasteiger partial charge is 0.338 e. The van der Waals surface area contributed by atoms with Crippen molar-refractivity contribution in [3.8, 4) is 11.1 Å². The number of nitrogens with zero attached hydrogens (tertiary/aromatic N) is 2. The zero-order chi connectivity index (χ0) is 19.0. The molecule has 2 heterocycles. The van der Waals surface area contributed by atoms with Gasteiger partial charge in [-0.3, -0.25) is 0 Å². The Balaban J connectivity index is 1.81. The molecule has 0 unspecified atom stereocenters. The van der Waals surface area contributed by atoms with Crippen molar-refractivity contribution < 1.29 is 0 Å². The predicted octanol–water partition coefficient (Wildman–Crippen LogP) is 7.53. The molecule has 0 atom stereocenters. The lowest BCUT2D eigenvalue weighted by atomic mass is 9.99. The summed E-state index contributed by atoms with van der Waals surface area (Å²) >= 11 is 14.1. The van der Waals surface area contributed by atoms with Gasteiger partial charge in [0.15, 0.2) is 0 Å². The van der Waals surface area contributed by atoms with Crippen molar-refractivity contribution in [2.24, 2.45) is 0 Å². The van der Waals surface area contributed by atoms with Crippen LogP contribution < -0.4 is 5.32 Å². The second kappa shape index (κ2) is 7.47. The van der Waals surface area contributed by atoms with E-state index in [1.807, 2.05) is 12.1 Å². The molecule has 27 heavy (non-hydrogen) atoms. The summed E-state index contributed by atoms with van der Waals surface area (Å²) in [5.41, 5.74) is 4.28. The number of hydrogen-bond donors (Lipinski definition) is 1. The van der Waals surface area contributed by atoms with E-state index in [-0.39, 0.29) is 0 Å². The topological polar surface area (TPSA) is 37.8 Å². The molecule has 1 N–H and O–H groups in total. The molecule has 2 aromatic carbocycles. The van der Waals surface area contributed by atoms with Crippen LogP contribution in [0.2, 0.25) is 10.0 Å². The van der Waals surface area contributed by atoms with Crippen LogP contribution in [0.3, 0.4) is 0 Å². The van der Waals surface area contributed by atoms with E-state index < -0.39 is 0 Å². The number of nitrogens with one attached hydrogen (secondary N) is 1. The second-order valence-corrected chi connectivity index (χ2v) is 8.20. The Morgan fingerprint density at radius 1 is 1.00 bits per heavy atom. The van der Waals surface area contributed by atoms with Gasteiger partial charge in [-0.1, -0.05) is 67.4 Å². The molecule has 0 fully saturated rings. The van der Waals surface area contributed by atoms with Crippen LogP contribution in [0.4, 0.5) is 11.5 Å². The van der Waals surface area contributed by atoms with Crippen LogP contribution in [0.15, 0.2) is 54.2 Å². The molecule has 2 aromatic heterocycles. The van der Waals surface area contributed by atoms with Gasteiger partial charge in [-0.15, -0.1) is 11.3 Å². The number of benzene rings is 2. The smallest absolute Gasteiger partial charge is 0.143 e. The molecule has 0 amide bonds. The van der Waals surface area contributed by atoms with Crippen LogP contribution in [0.5, 0.6) is 0 Å². The zero-order valence-corrected chi connectivity index (χ0v) is 17.2. The van der Waals surface area contributed by atoms with Crippen LogP contribution in [0.1, 0.15) is 25.3 Å². The van der Waals surface area contributed by atoms with Crippen molar-refractivity contribution in [2.45, 2.75) is 19.8 Å². The van der Waals surface area contributed by atoms with Crippen molar-refractivity contribution in [3.63, 3.8) is 0 Å². The minimum absolute atomic E-state index is 0.476. The predicted molar refractivity (Wildman–Crippen MR) is 117 cm³/mol. The fourth-order valence-electron chi connectivity index (χ4n) is 2.96. The van der Waals surface area contributed by atoms with E-state index in [2.05, 4.69) is 58.8 Å². The third kappa shape index (κ3) is 3.53. The number of halogens is 2. The molecule has 4 rings (SSSR count). The number of hydrogen-bond acceptors (Lipinski definition) is 4. The number of rotatable bonds is 4. The summed E-state index contributed by atoms with van der Waals surface area (Å²) in [5, 5.41) is 7.40. The van der Waals surface area contributed by atoms with E-state index in [1.54, 1.807) is 23.7 Å². The van der Waals surface area contributed by atoms with E-state index >= 15 is 0 Å². The van der Waals surface area contributed by atoms with Crippen molar-refractivity contribution in [3.05, 3.63) is 69.8 Å². The summed E-state index contributed by atoms with van der Waals surface area (Å²) in [5.74, 6) is 1.22. The van der Waals surface area contributed by atoms with Crippen molar-refractivity contribution in [1.82, 2.24) is 9.97 Å². The van der Waals surface area contributed by atoms with Gasteiger partial charge in [0, 0.05) is 10.9 Å². The van der Waals surface area contributed by atoms with E-state index in [9.17, 15) is 0 Å². The number of thiophene rings is 1. The maximum absolute atomic E-state index is 6.34. The molecule has 0 saturated carbocycles. The van der Waals surface area contributed by atoms with Gasteiger partial charge in [0.05, 0.1) is 21.1 Å². The molecular formula is C21H17Cl2N3S. The normalized spacial score (nSPS) is 11.3. The summed E-state index contributed by atoms with van der Waals surface area (Å²) in [6, 6.07) is 14.2. The van der Waals surface area contributed by atoms with Crippen LogP contribution >= 0.6 is 34.5 Å². The number of fused-ring (bicyclic) bond motifs is 1. The lowest BCUT2D eigenvalue weighted by Crippen LogP contribution is -1.96. The van der Waals surface area contributed by atoms with E-state index in [4.69, 9.17) is 23.2 Å². The first-order valence-electron chi connectivity index (χ1n) is 8.58. The van der Waals surface area contributed by atoms with Gasteiger partial charge in [-0.05, 0) is 29.2 Å². The standard InChI is InChI=1S/C21H17Cl2N3S/c1-12(2)13-6-8-14(9-7-13)15-10-27-21-18(15)20(24-11-25-21)26-17-5-3-4-16(22)19(17)23/h3-12H,1-2H3,(H,24,25,26). The fourth-order valence-corrected chi connectivity index (χ4v) is 4.22. The molecule has 6 heteroatoms. The van der Waals surface area contributed by atoms with E-state index in [0.717, 1.165) is 27.0 Å². The summed E-state index contributed by atoms with van der Waals surface area (Å²) in [6.45, 7) is 4.39. The highest BCUT2D eigenvalue weighted by Gasteiger charge is 2.15. The van der Waals surface area contributed by atoms with Gasteiger partial charge in [0.25, 0.3) is 0 Å².